The summed E-state index contributed by atoms with van der Waals surface area (Å²) >= 11 is 11.6. The molecule has 0 atom stereocenters. The highest BCUT2D eigenvalue weighted by molar-refractivity contribution is 6.31. The number of nitrogens with two attached hydrogens (primary N) is 1. The third kappa shape index (κ3) is 5.50. The molecule has 4 N–H and O–H groups in total. The first-order valence-corrected chi connectivity index (χ1v) is 8.22. The van der Waals surface area contributed by atoms with Gasteiger partial charge in [0.05, 0.1) is 18.2 Å². The van der Waals surface area contributed by atoms with Crippen LogP contribution < -0.4 is 21.3 Å². The Morgan fingerprint density at radius 2 is 1.67 bits per heavy atom. The minimum Gasteiger partial charge on any atom is -0.496 e. The van der Waals surface area contributed by atoms with Crippen LogP contribution in [0.3, 0.4) is 0 Å². The summed E-state index contributed by atoms with van der Waals surface area (Å²) in [4.78, 5) is 35.8. The predicted molar refractivity (Wildman–Crippen MR) is 99.8 cm³/mol. The van der Waals surface area contributed by atoms with Crippen molar-refractivity contribution in [3.63, 3.8) is 0 Å². The van der Waals surface area contributed by atoms with Gasteiger partial charge in [-0.05, 0) is 36.4 Å². The number of rotatable bonds is 5. The van der Waals surface area contributed by atoms with Crippen LogP contribution in [0.5, 0.6) is 5.75 Å². The molecule has 27 heavy (non-hydrogen) atoms. The first-order valence-electron chi connectivity index (χ1n) is 7.46. The molecule has 0 saturated carbocycles. The van der Waals surface area contributed by atoms with Crippen molar-refractivity contribution in [1.29, 1.82) is 0 Å². The van der Waals surface area contributed by atoms with Crippen molar-refractivity contribution in [2.75, 3.05) is 19.5 Å². The van der Waals surface area contributed by atoms with Crippen molar-refractivity contribution in [3.05, 3.63) is 57.6 Å². The minimum absolute atomic E-state index is 0.0694. The average Bonchev–Trinajstić information content (AvgIpc) is 2.64. The van der Waals surface area contributed by atoms with Crippen LogP contribution in [-0.4, -0.2) is 31.5 Å². The number of hydrogen-bond donors (Lipinski definition) is 3. The third-order valence-electron chi connectivity index (χ3n) is 3.29. The maximum atomic E-state index is 12.1. The number of hydrogen-bond acceptors (Lipinski definition) is 6. The Morgan fingerprint density at radius 3 is 2.33 bits per heavy atom. The molecule has 0 aliphatic rings. The Kier molecular flexibility index (Phi) is 6.86. The van der Waals surface area contributed by atoms with Crippen molar-refractivity contribution in [2.45, 2.75) is 0 Å². The van der Waals surface area contributed by atoms with Gasteiger partial charge in [-0.3, -0.25) is 20.4 Å². The van der Waals surface area contributed by atoms with Gasteiger partial charge in [0.1, 0.15) is 5.75 Å². The van der Waals surface area contributed by atoms with Crippen LogP contribution in [0.2, 0.25) is 10.0 Å². The van der Waals surface area contributed by atoms with Crippen LogP contribution in [0.1, 0.15) is 20.7 Å². The number of carbonyl (C=O) groups is 3. The summed E-state index contributed by atoms with van der Waals surface area (Å²) in [5.41, 5.74) is 10.3. The van der Waals surface area contributed by atoms with Crippen LogP contribution in [0.25, 0.3) is 0 Å². The largest absolute Gasteiger partial charge is 0.496 e. The standard InChI is InChI=1S/C17H15Cl2N3O5/c1-26-14-5-3-9(18)6-12(14)16(24)22-21-15(23)8-27-17(25)11-4-2-10(19)7-13(11)20/h2-7H,8,20H2,1H3,(H,21,23)(H,22,24). The molecule has 2 aromatic carbocycles. The number of anilines is 1. The maximum absolute atomic E-state index is 12.1. The minimum atomic E-state index is -0.804. The van der Waals surface area contributed by atoms with Crippen LogP contribution >= 0.6 is 23.2 Å². The van der Waals surface area contributed by atoms with E-state index in [1.807, 2.05) is 0 Å². The van der Waals surface area contributed by atoms with Crippen LogP contribution in [0.4, 0.5) is 5.69 Å². The van der Waals surface area contributed by atoms with E-state index in [2.05, 4.69) is 10.9 Å². The molecule has 0 spiro atoms. The van der Waals surface area contributed by atoms with Crippen molar-refractivity contribution in [2.24, 2.45) is 0 Å². The fraction of sp³-hybridized carbons (Fsp3) is 0.118. The molecule has 10 heteroatoms. The van der Waals surface area contributed by atoms with E-state index in [1.54, 1.807) is 6.07 Å². The molecule has 2 aromatic rings. The molecule has 0 heterocycles. The van der Waals surface area contributed by atoms with Crippen molar-refractivity contribution in [3.8, 4) is 5.75 Å². The van der Waals surface area contributed by atoms with Gasteiger partial charge in [0.2, 0.25) is 0 Å². The fourth-order valence-electron chi connectivity index (χ4n) is 2.02. The predicted octanol–water partition coefficient (Wildman–Crippen LogP) is 2.20. The van der Waals surface area contributed by atoms with Crippen LogP contribution in [-0.2, 0) is 9.53 Å². The molecule has 0 fully saturated rings. The van der Waals surface area contributed by atoms with E-state index < -0.39 is 24.4 Å². The van der Waals surface area contributed by atoms with Gasteiger partial charge in [0, 0.05) is 15.7 Å². The highest BCUT2D eigenvalue weighted by Crippen LogP contribution is 2.22. The average molecular weight is 412 g/mol. The first kappa shape index (κ1) is 20.3. The topological polar surface area (TPSA) is 120 Å². The van der Waals surface area contributed by atoms with E-state index in [4.69, 9.17) is 38.4 Å². The number of halogens is 2. The monoisotopic (exact) mass is 411 g/mol. The van der Waals surface area contributed by atoms with Gasteiger partial charge in [0.15, 0.2) is 6.61 Å². The van der Waals surface area contributed by atoms with Gasteiger partial charge in [-0.15, -0.1) is 0 Å². The molecule has 0 aliphatic heterocycles. The van der Waals surface area contributed by atoms with Gasteiger partial charge in [0.25, 0.3) is 11.8 Å². The lowest BCUT2D eigenvalue weighted by Crippen LogP contribution is -2.43. The summed E-state index contributed by atoms with van der Waals surface area (Å²) in [5, 5.41) is 0.683. The normalized spacial score (nSPS) is 10.0. The molecule has 2 amide bonds. The van der Waals surface area contributed by atoms with Gasteiger partial charge < -0.3 is 15.2 Å². The zero-order valence-corrected chi connectivity index (χ0v) is 15.6. The fourth-order valence-corrected chi connectivity index (χ4v) is 2.37. The second-order valence-corrected chi connectivity index (χ2v) is 6.03. The summed E-state index contributed by atoms with van der Waals surface area (Å²) in [5.74, 6) is -1.95. The van der Waals surface area contributed by atoms with E-state index in [-0.39, 0.29) is 22.6 Å². The van der Waals surface area contributed by atoms with E-state index in [0.717, 1.165) is 0 Å². The lowest BCUT2D eigenvalue weighted by molar-refractivity contribution is -0.125. The zero-order valence-electron chi connectivity index (χ0n) is 14.0. The van der Waals surface area contributed by atoms with Crippen LogP contribution in [0, 0.1) is 0 Å². The summed E-state index contributed by atoms with van der Waals surface area (Å²) in [7, 11) is 1.39. The molecular formula is C17H15Cl2N3O5. The van der Waals surface area contributed by atoms with Gasteiger partial charge in [-0.1, -0.05) is 23.2 Å². The molecule has 0 aromatic heterocycles. The van der Waals surface area contributed by atoms with Crippen LogP contribution in [0.15, 0.2) is 36.4 Å². The Balaban J connectivity index is 1.88. The number of nitrogen functional groups attached to an aromatic ring is 1. The smallest absolute Gasteiger partial charge is 0.340 e. The Morgan fingerprint density at radius 1 is 1.00 bits per heavy atom. The number of methoxy groups -OCH3 is 1. The summed E-state index contributed by atoms with van der Waals surface area (Å²) in [6.45, 7) is -0.631. The van der Waals surface area contributed by atoms with E-state index >= 15 is 0 Å². The number of benzene rings is 2. The highest BCUT2D eigenvalue weighted by Gasteiger charge is 2.16. The first-order chi connectivity index (χ1) is 12.8. The zero-order chi connectivity index (χ0) is 20.0. The lowest BCUT2D eigenvalue weighted by Gasteiger charge is -2.11. The molecule has 8 nitrogen and oxygen atoms in total. The van der Waals surface area contributed by atoms with Crippen molar-refractivity contribution >= 4 is 46.7 Å². The van der Waals surface area contributed by atoms with Gasteiger partial charge >= 0.3 is 5.97 Å². The molecular weight excluding hydrogens is 397 g/mol. The molecule has 142 valence electrons. The molecule has 0 unspecified atom stereocenters. The summed E-state index contributed by atoms with van der Waals surface area (Å²) in [6, 6.07) is 8.68. The van der Waals surface area contributed by atoms with Crippen molar-refractivity contribution in [1.82, 2.24) is 10.9 Å². The highest BCUT2D eigenvalue weighted by atomic mass is 35.5. The number of carbonyl (C=O) groups excluding carboxylic acids is 3. The Bertz CT molecular complexity index is 889. The Labute approximate surface area is 164 Å². The molecule has 0 aliphatic carbocycles. The third-order valence-corrected chi connectivity index (χ3v) is 3.76. The number of amides is 2. The maximum Gasteiger partial charge on any atom is 0.340 e. The lowest BCUT2D eigenvalue weighted by atomic mass is 10.2. The van der Waals surface area contributed by atoms with E-state index in [9.17, 15) is 14.4 Å². The second kappa shape index (κ2) is 9.11. The second-order valence-electron chi connectivity index (χ2n) is 5.15. The number of hydrazine groups is 1. The summed E-state index contributed by atoms with van der Waals surface area (Å²) in [6.07, 6.45) is 0. The molecule has 0 saturated heterocycles. The Hall–Kier alpha value is -2.97. The molecule has 2 rings (SSSR count). The SMILES string of the molecule is COc1ccc(Cl)cc1C(=O)NNC(=O)COC(=O)c1ccc(Cl)cc1N. The number of nitrogens with one attached hydrogen (secondary N) is 2. The summed E-state index contributed by atoms with van der Waals surface area (Å²) < 4.78 is 9.89. The van der Waals surface area contributed by atoms with Gasteiger partial charge in [-0.2, -0.15) is 0 Å². The molecule has 0 bridgehead atoms. The van der Waals surface area contributed by atoms with E-state index in [1.165, 1.54) is 37.4 Å². The quantitative estimate of drug-likeness (QED) is 0.394. The van der Waals surface area contributed by atoms with Crippen molar-refractivity contribution < 1.29 is 23.9 Å². The number of esters is 1. The molecule has 0 radical (unpaired) electrons. The van der Waals surface area contributed by atoms with E-state index in [0.29, 0.717) is 10.0 Å². The number of ether oxygens (including phenoxy) is 2. The van der Waals surface area contributed by atoms with Gasteiger partial charge in [-0.25, -0.2) is 4.79 Å².